The molecule has 0 spiro atoms. The van der Waals surface area contributed by atoms with Gasteiger partial charge in [0.15, 0.2) is 5.82 Å². The van der Waals surface area contributed by atoms with Gasteiger partial charge in [0.25, 0.3) is 0 Å². The Kier molecular flexibility index (Phi) is 4.52. The highest BCUT2D eigenvalue weighted by molar-refractivity contribution is 8.00. The van der Waals surface area contributed by atoms with Crippen LogP contribution in [0.15, 0.2) is 23.4 Å². The van der Waals surface area contributed by atoms with Crippen LogP contribution in [0.1, 0.15) is 29.4 Å². The normalized spacial score (nSPS) is 12.3. The minimum atomic E-state index is -0.904. The van der Waals surface area contributed by atoms with Crippen molar-refractivity contribution in [3.8, 4) is 0 Å². The molecule has 3 N–H and O–H groups in total. The van der Waals surface area contributed by atoms with Crippen LogP contribution in [0.4, 0.5) is 0 Å². The van der Waals surface area contributed by atoms with E-state index < -0.39 is 11.2 Å². The molecule has 0 aliphatic carbocycles. The molecule has 0 amide bonds. The van der Waals surface area contributed by atoms with Crippen molar-refractivity contribution in [3.63, 3.8) is 0 Å². The number of aliphatic carboxylic acids is 1. The number of hydrogen-bond donors (Lipinski definition) is 2. The number of aromatic nitrogens is 3. The number of rotatable bonds is 5. The van der Waals surface area contributed by atoms with Crippen molar-refractivity contribution in [2.75, 3.05) is 5.84 Å². The van der Waals surface area contributed by atoms with E-state index in [4.69, 9.17) is 10.9 Å². The second kappa shape index (κ2) is 6.17. The van der Waals surface area contributed by atoms with Gasteiger partial charge in [-0.2, -0.15) is 0 Å². The zero-order valence-electron chi connectivity index (χ0n) is 12.2. The summed E-state index contributed by atoms with van der Waals surface area (Å²) in [5.41, 5.74) is 3.55. The third-order valence-electron chi connectivity index (χ3n) is 3.30. The van der Waals surface area contributed by atoms with Crippen LogP contribution >= 0.6 is 11.8 Å². The van der Waals surface area contributed by atoms with E-state index in [1.54, 1.807) is 6.92 Å². The molecule has 1 unspecified atom stereocenters. The zero-order valence-corrected chi connectivity index (χ0v) is 13.0. The largest absolute Gasteiger partial charge is 0.480 e. The third-order valence-corrected chi connectivity index (χ3v) is 4.34. The van der Waals surface area contributed by atoms with Crippen LogP contribution in [0.2, 0.25) is 0 Å². The first-order valence-corrected chi connectivity index (χ1v) is 7.41. The van der Waals surface area contributed by atoms with Gasteiger partial charge >= 0.3 is 5.97 Å². The molecule has 6 nitrogen and oxygen atoms in total. The summed E-state index contributed by atoms with van der Waals surface area (Å²) in [4.78, 5) is 10.9. The maximum atomic E-state index is 10.9. The molecule has 7 heteroatoms. The fourth-order valence-corrected chi connectivity index (χ4v) is 2.54. The van der Waals surface area contributed by atoms with Gasteiger partial charge in [-0.25, -0.2) is 4.68 Å². The van der Waals surface area contributed by atoms with E-state index in [2.05, 4.69) is 36.2 Å². The molecule has 2 aromatic rings. The van der Waals surface area contributed by atoms with Gasteiger partial charge in [-0.15, -0.1) is 10.2 Å². The molecule has 0 saturated heterocycles. The lowest BCUT2D eigenvalue weighted by Gasteiger charge is -2.07. The Morgan fingerprint density at radius 1 is 1.38 bits per heavy atom. The molecular weight excluding hydrogens is 288 g/mol. The van der Waals surface area contributed by atoms with Gasteiger partial charge in [-0.3, -0.25) is 4.79 Å². The van der Waals surface area contributed by atoms with Gasteiger partial charge in [0, 0.05) is 6.42 Å². The number of benzene rings is 1. The lowest BCUT2D eigenvalue weighted by Crippen LogP contribution is -2.17. The number of hydrogen-bond acceptors (Lipinski definition) is 5. The van der Waals surface area contributed by atoms with Gasteiger partial charge in [0.1, 0.15) is 5.25 Å². The Morgan fingerprint density at radius 3 is 2.71 bits per heavy atom. The van der Waals surface area contributed by atoms with E-state index >= 15 is 0 Å². The van der Waals surface area contributed by atoms with Crippen LogP contribution in [-0.2, 0) is 11.2 Å². The van der Waals surface area contributed by atoms with Crippen molar-refractivity contribution >= 4 is 17.7 Å². The van der Waals surface area contributed by atoms with Gasteiger partial charge in [-0.1, -0.05) is 30.0 Å². The van der Waals surface area contributed by atoms with Crippen LogP contribution in [0, 0.1) is 13.8 Å². The number of nitrogens with two attached hydrogens (primary N) is 1. The average molecular weight is 306 g/mol. The van der Waals surface area contributed by atoms with E-state index in [0.29, 0.717) is 17.4 Å². The monoisotopic (exact) mass is 306 g/mol. The van der Waals surface area contributed by atoms with Crippen molar-refractivity contribution in [3.05, 3.63) is 40.7 Å². The summed E-state index contributed by atoms with van der Waals surface area (Å²) >= 11 is 1.08. The molecule has 1 aromatic carbocycles. The number of carbonyl (C=O) groups is 1. The van der Waals surface area contributed by atoms with Crippen LogP contribution in [0.3, 0.4) is 0 Å². The van der Waals surface area contributed by atoms with Crippen LogP contribution in [0.5, 0.6) is 0 Å². The highest BCUT2D eigenvalue weighted by atomic mass is 32.2. The molecule has 0 aliphatic heterocycles. The average Bonchev–Trinajstić information content (AvgIpc) is 2.76. The molecular formula is C14H18N4O2S. The van der Waals surface area contributed by atoms with E-state index in [1.165, 1.54) is 15.8 Å². The summed E-state index contributed by atoms with van der Waals surface area (Å²) in [6, 6.07) is 6.18. The Morgan fingerprint density at radius 2 is 2.10 bits per heavy atom. The van der Waals surface area contributed by atoms with Crippen molar-refractivity contribution in [2.45, 2.75) is 37.6 Å². The molecule has 0 fully saturated rings. The first-order chi connectivity index (χ1) is 9.88. The smallest absolute Gasteiger partial charge is 0.316 e. The maximum absolute atomic E-state index is 10.9. The van der Waals surface area contributed by atoms with E-state index in [1.807, 2.05) is 6.07 Å². The molecule has 0 aliphatic rings. The van der Waals surface area contributed by atoms with E-state index in [-0.39, 0.29) is 0 Å². The Bertz CT molecular complexity index is 669. The number of carboxylic acids is 1. The fourth-order valence-electron chi connectivity index (χ4n) is 1.81. The molecule has 21 heavy (non-hydrogen) atoms. The third kappa shape index (κ3) is 3.55. The number of nitrogens with zero attached hydrogens (tertiary/aromatic N) is 3. The van der Waals surface area contributed by atoms with Crippen molar-refractivity contribution in [1.29, 1.82) is 0 Å². The first kappa shape index (κ1) is 15.4. The van der Waals surface area contributed by atoms with Gasteiger partial charge in [0.05, 0.1) is 0 Å². The summed E-state index contributed by atoms with van der Waals surface area (Å²) in [6.07, 6.45) is 0.562. The van der Waals surface area contributed by atoms with Crippen LogP contribution < -0.4 is 5.84 Å². The van der Waals surface area contributed by atoms with E-state index in [0.717, 1.165) is 17.3 Å². The SMILES string of the molecule is Cc1ccc(Cc2nnc(SC(C)C(=O)O)n2N)cc1C. The number of thioether (sulfide) groups is 1. The summed E-state index contributed by atoms with van der Waals surface area (Å²) in [5, 5.41) is 16.7. The summed E-state index contributed by atoms with van der Waals surface area (Å²) in [7, 11) is 0. The lowest BCUT2D eigenvalue weighted by molar-refractivity contribution is -0.136. The molecule has 0 radical (unpaired) electrons. The van der Waals surface area contributed by atoms with Crippen molar-refractivity contribution < 1.29 is 9.90 Å². The Labute approximate surface area is 127 Å². The number of aryl methyl sites for hydroxylation is 2. The van der Waals surface area contributed by atoms with Crippen molar-refractivity contribution in [2.24, 2.45) is 0 Å². The second-order valence-corrected chi connectivity index (χ2v) is 6.27. The van der Waals surface area contributed by atoms with Gasteiger partial charge in [0.2, 0.25) is 5.16 Å². The number of nitrogen functional groups attached to an aromatic ring is 1. The summed E-state index contributed by atoms with van der Waals surface area (Å²) < 4.78 is 1.36. The van der Waals surface area contributed by atoms with Crippen LogP contribution in [-0.4, -0.2) is 31.2 Å². The Hall–Kier alpha value is -2.02. The Balaban J connectivity index is 2.16. The first-order valence-electron chi connectivity index (χ1n) is 6.53. The fraction of sp³-hybridized carbons (Fsp3) is 0.357. The standard InChI is InChI=1S/C14H18N4O2S/c1-8-4-5-11(6-9(8)2)7-12-16-17-14(18(12)15)21-10(3)13(19)20/h4-6,10H,7,15H2,1-3H3,(H,19,20). The molecule has 2 rings (SSSR count). The molecule has 1 atom stereocenters. The topological polar surface area (TPSA) is 94.0 Å². The lowest BCUT2D eigenvalue weighted by atomic mass is 10.0. The predicted molar refractivity (Wildman–Crippen MR) is 81.8 cm³/mol. The minimum Gasteiger partial charge on any atom is -0.480 e. The highest BCUT2D eigenvalue weighted by Crippen LogP contribution is 2.21. The summed E-state index contributed by atoms with van der Waals surface area (Å²) in [6.45, 7) is 5.71. The number of carboxylic acid groups (broad SMARTS) is 1. The second-order valence-electron chi connectivity index (χ2n) is 4.96. The summed E-state index contributed by atoms with van der Waals surface area (Å²) in [5.74, 6) is 5.65. The minimum absolute atomic E-state index is 0.406. The van der Waals surface area contributed by atoms with Crippen molar-refractivity contribution in [1.82, 2.24) is 14.9 Å². The quantitative estimate of drug-likeness (QED) is 0.646. The van der Waals surface area contributed by atoms with Crippen LogP contribution in [0.25, 0.3) is 0 Å². The molecule has 1 heterocycles. The molecule has 112 valence electrons. The van der Waals surface area contributed by atoms with Gasteiger partial charge in [-0.05, 0) is 37.5 Å². The van der Waals surface area contributed by atoms with E-state index in [9.17, 15) is 4.79 Å². The molecule has 0 bridgehead atoms. The molecule has 1 aromatic heterocycles. The maximum Gasteiger partial charge on any atom is 0.316 e. The predicted octanol–water partition coefficient (Wildman–Crippen LogP) is 1.76. The molecule has 0 saturated carbocycles. The van der Waals surface area contributed by atoms with Gasteiger partial charge < -0.3 is 10.9 Å². The zero-order chi connectivity index (χ0) is 15.6. The highest BCUT2D eigenvalue weighted by Gasteiger charge is 2.18.